The third kappa shape index (κ3) is 6.93. The summed E-state index contributed by atoms with van der Waals surface area (Å²) in [6.07, 6.45) is -1.38. The van der Waals surface area contributed by atoms with E-state index in [1.54, 1.807) is 52.0 Å². The van der Waals surface area contributed by atoms with E-state index >= 15 is 0 Å². The smallest absolute Gasteiger partial charge is 0.398 e. The van der Waals surface area contributed by atoms with Gasteiger partial charge < -0.3 is 9.16 Å². The first kappa shape index (κ1) is 31.8. The van der Waals surface area contributed by atoms with Gasteiger partial charge in [-0.1, -0.05) is 114 Å². The molecule has 0 aliphatic carbocycles. The summed E-state index contributed by atoms with van der Waals surface area (Å²) in [4.78, 5) is 54.1. The summed E-state index contributed by atoms with van der Waals surface area (Å²) >= 11 is 0.905. The first-order chi connectivity index (χ1) is 18.5. The van der Waals surface area contributed by atoms with Crippen LogP contribution in [0, 0.1) is 11.3 Å². The molecule has 0 bridgehead atoms. The minimum atomic E-state index is -2.26. The molecule has 0 N–H and O–H groups in total. The number of nitrogens with zero attached hydrogens (tertiary/aromatic N) is 1. The Labute approximate surface area is 243 Å². The summed E-state index contributed by atoms with van der Waals surface area (Å²) in [5, 5.41) is -1.15. The van der Waals surface area contributed by atoms with Crippen LogP contribution in [-0.2, 0) is 28.3 Å². The van der Waals surface area contributed by atoms with Gasteiger partial charge in [0, 0.05) is 5.41 Å². The molecule has 1 aliphatic rings. The lowest BCUT2D eigenvalue weighted by Crippen LogP contribution is -2.67. The fourth-order valence-electron chi connectivity index (χ4n) is 4.10. The summed E-state index contributed by atoms with van der Waals surface area (Å²) in [5.41, 5.74) is 0.666. The van der Waals surface area contributed by atoms with Gasteiger partial charge in [-0.15, -0.1) is 0 Å². The van der Waals surface area contributed by atoms with Crippen molar-refractivity contribution < 1.29 is 28.3 Å². The Kier molecular flexibility index (Phi) is 9.53. The monoisotopic (exact) mass is 583 g/mol. The quantitative estimate of drug-likeness (QED) is 0.162. The molecule has 1 fully saturated rings. The molecule has 40 heavy (non-hydrogen) atoms. The molecule has 3 rings (SSSR count). The van der Waals surface area contributed by atoms with E-state index in [2.05, 4.69) is 33.9 Å². The van der Waals surface area contributed by atoms with Crippen molar-refractivity contribution in [1.82, 2.24) is 4.90 Å². The van der Waals surface area contributed by atoms with Crippen LogP contribution in [0.3, 0.4) is 0 Å². The predicted molar refractivity (Wildman–Crippen MR) is 160 cm³/mol. The van der Waals surface area contributed by atoms with Gasteiger partial charge >= 0.3 is 11.9 Å². The number of ether oxygens (including phenoxy) is 1. The molecule has 2 aromatic rings. The molecule has 9 heteroatoms. The van der Waals surface area contributed by atoms with Crippen molar-refractivity contribution in [2.24, 2.45) is 11.3 Å². The van der Waals surface area contributed by atoms with Crippen LogP contribution in [0.5, 0.6) is 0 Å². The molecule has 216 valence electrons. The van der Waals surface area contributed by atoms with Gasteiger partial charge in [-0.2, -0.15) is 0 Å². The Hall–Kier alpha value is -2.75. The first-order valence-corrected chi connectivity index (χ1v) is 17.3. The fraction of sp³-hybridized carbons (Fsp3) is 0.484. The number of hydrogen-bond acceptors (Lipinski definition) is 7. The SMILES string of the molecule is C[C@@H](O[Si](C)(C)C(C)(C)C)[C@H]1C(=O)N(C(=O)C(=O)OC(c2ccccc2)c2ccccc2)[C@@H]1SC(=O)C(C)(C)C. The number of benzene rings is 2. The fourth-order valence-corrected chi connectivity index (χ4v) is 6.89. The molecule has 7 nitrogen and oxygen atoms in total. The first-order valence-electron chi connectivity index (χ1n) is 13.5. The van der Waals surface area contributed by atoms with Crippen molar-refractivity contribution >= 4 is 43.0 Å². The van der Waals surface area contributed by atoms with Gasteiger partial charge in [0.15, 0.2) is 19.5 Å². The van der Waals surface area contributed by atoms with E-state index in [1.807, 2.05) is 36.4 Å². The summed E-state index contributed by atoms with van der Waals surface area (Å²) in [6.45, 7) is 17.6. The van der Waals surface area contributed by atoms with Crippen LogP contribution in [0.2, 0.25) is 18.1 Å². The molecule has 0 unspecified atom stereocenters. The maximum absolute atomic E-state index is 13.5. The van der Waals surface area contributed by atoms with Gasteiger partial charge in [-0.3, -0.25) is 19.3 Å². The maximum atomic E-state index is 13.5. The average molecular weight is 584 g/mol. The number of imide groups is 1. The van der Waals surface area contributed by atoms with E-state index < -0.39 is 55.0 Å². The third-order valence-corrected chi connectivity index (χ3v) is 13.7. The summed E-state index contributed by atoms with van der Waals surface area (Å²) in [7, 11) is -2.26. The molecule has 1 aliphatic heterocycles. The minimum absolute atomic E-state index is 0.0961. The van der Waals surface area contributed by atoms with Crippen molar-refractivity contribution in [3.8, 4) is 0 Å². The number of amides is 2. The number of hydrogen-bond donors (Lipinski definition) is 0. The van der Waals surface area contributed by atoms with Crippen molar-refractivity contribution in [3.63, 3.8) is 0 Å². The largest absolute Gasteiger partial charge is 0.445 e. The van der Waals surface area contributed by atoms with Crippen LogP contribution in [-0.4, -0.2) is 47.6 Å². The van der Waals surface area contributed by atoms with Crippen LogP contribution in [0.4, 0.5) is 0 Å². The van der Waals surface area contributed by atoms with E-state index in [9.17, 15) is 19.2 Å². The highest BCUT2D eigenvalue weighted by atomic mass is 32.2. The van der Waals surface area contributed by atoms with Crippen LogP contribution in [0.25, 0.3) is 0 Å². The van der Waals surface area contributed by atoms with Gasteiger partial charge in [-0.25, -0.2) is 4.79 Å². The molecule has 3 atom stereocenters. The lowest BCUT2D eigenvalue weighted by Gasteiger charge is -2.49. The van der Waals surface area contributed by atoms with E-state index in [0.29, 0.717) is 11.1 Å². The molecule has 2 aromatic carbocycles. The Morgan fingerprint density at radius 3 is 1.77 bits per heavy atom. The summed E-state index contributed by atoms with van der Waals surface area (Å²) in [5.74, 6) is -3.53. The van der Waals surface area contributed by atoms with E-state index in [-0.39, 0.29) is 10.2 Å². The standard InChI is InChI=1S/C31H41NO6SSi/c1-20(38-40(8,9)31(5,6)7)23-25(33)32(27(23)39-29(36)30(2,3)4)26(34)28(35)37-24(21-16-12-10-13-17-21)22-18-14-11-15-19-22/h10-20,23-24,27H,1-9H3/t20-,23+,27-/m1/s1. The van der Waals surface area contributed by atoms with Crippen molar-refractivity contribution in [2.75, 3.05) is 0 Å². The molecule has 0 radical (unpaired) electrons. The highest BCUT2D eigenvalue weighted by Gasteiger charge is 2.58. The number of carbonyl (C=O) groups excluding carboxylic acids is 4. The Morgan fingerprint density at radius 2 is 1.35 bits per heavy atom. The topological polar surface area (TPSA) is 90.0 Å². The number of carbonyl (C=O) groups is 4. The number of esters is 1. The Morgan fingerprint density at radius 1 is 0.875 bits per heavy atom. The second-order valence-electron chi connectivity index (χ2n) is 12.8. The van der Waals surface area contributed by atoms with Crippen LogP contribution < -0.4 is 0 Å². The van der Waals surface area contributed by atoms with Crippen molar-refractivity contribution in [3.05, 3.63) is 71.8 Å². The number of thioether (sulfide) groups is 1. The van der Waals surface area contributed by atoms with Gasteiger partial charge in [0.25, 0.3) is 0 Å². The lowest BCUT2D eigenvalue weighted by atomic mass is 9.92. The van der Waals surface area contributed by atoms with Crippen molar-refractivity contribution in [2.45, 2.75) is 84.2 Å². The predicted octanol–water partition coefficient (Wildman–Crippen LogP) is 6.35. The molecular formula is C31H41NO6SSi. The molecular weight excluding hydrogens is 542 g/mol. The highest BCUT2D eigenvalue weighted by Crippen LogP contribution is 2.44. The number of β-lactam (4-membered cyclic amide) rings is 1. The zero-order valence-corrected chi connectivity index (χ0v) is 26.7. The number of rotatable bonds is 7. The molecule has 0 aromatic heterocycles. The van der Waals surface area contributed by atoms with Crippen LogP contribution >= 0.6 is 11.8 Å². The average Bonchev–Trinajstić information content (AvgIpc) is 2.86. The van der Waals surface area contributed by atoms with Gasteiger partial charge in [0.2, 0.25) is 5.91 Å². The van der Waals surface area contributed by atoms with Gasteiger partial charge in [-0.05, 0) is 36.2 Å². The second kappa shape index (κ2) is 12.0. The molecule has 0 spiro atoms. The van der Waals surface area contributed by atoms with E-state index in [0.717, 1.165) is 16.7 Å². The van der Waals surface area contributed by atoms with Crippen LogP contribution in [0.15, 0.2) is 60.7 Å². The lowest BCUT2D eigenvalue weighted by molar-refractivity contribution is -0.176. The zero-order chi connectivity index (χ0) is 30.0. The Bertz CT molecular complexity index is 1200. The highest BCUT2D eigenvalue weighted by molar-refractivity contribution is 8.14. The summed E-state index contributed by atoms with van der Waals surface area (Å²) in [6, 6.07) is 18.2. The van der Waals surface area contributed by atoms with E-state index in [4.69, 9.17) is 9.16 Å². The minimum Gasteiger partial charge on any atom is -0.445 e. The molecule has 1 heterocycles. The second-order valence-corrected chi connectivity index (χ2v) is 18.6. The Balaban J connectivity index is 1.88. The molecule has 0 saturated carbocycles. The van der Waals surface area contributed by atoms with Gasteiger partial charge in [0.1, 0.15) is 5.37 Å². The molecule has 2 amide bonds. The normalized spacial score (nSPS) is 18.8. The third-order valence-electron chi connectivity index (χ3n) is 7.54. The van der Waals surface area contributed by atoms with E-state index in [1.165, 1.54) is 0 Å². The maximum Gasteiger partial charge on any atom is 0.398 e. The zero-order valence-electron chi connectivity index (χ0n) is 24.9. The number of likely N-dealkylation sites (tertiary alicyclic amines) is 1. The molecule has 1 saturated heterocycles. The van der Waals surface area contributed by atoms with Gasteiger partial charge in [0.05, 0.1) is 12.0 Å². The van der Waals surface area contributed by atoms with Crippen LogP contribution in [0.1, 0.15) is 65.7 Å². The summed E-state index contributed by atoms with van der Waals surface area (Å²) < 4.78 is 12.2. The van der Waals surface area contributed by atoms with Crippen molar-refractivity contribution in [1.29, 1.82) is 0 Å².